The van der Waals surface area contributed by atoms with Gasteiger partial charge in [-0.15, -0.1) is 10.2 Å². The van der Waals surface area contributed by atoms with E-state index >= 15 is 0 Å². The van der Waals surface area contributed by atoms with Gasteiger partial charge in [0.15, 0.2) is 0 Å². The summed E-state index contributed by atoms with van der Waals surface area (Å²) in [6.07, 6.45) is 3.51. The number of rotatable bonds is 3. The van der Waals surface area contributed by atoms with Crippen LogP contribution in [-0.2, 0) is 13.0 Å². The van der Waals surface area contributed by atoms with Gasteiger partial charge >= 0.3 is 0 Å². The van der Waals surface area contributed by atoms with E-state index in [9.17, 15) is 0 Å². The molecule has 4 nitrogen and oxygen atoms in total. The summed E-state index contributed by atoms with van der Waals surface area (Å²) in [4.78, 5) is 2.38. The Morgan fingerprint density at radius 3 is 2.67 bits per heavy atom. The van der Waals surface area contributed by atoms with E-state index in [1.54, 1.807) is 0 Å². The van der Waals surface area contributed by atoms with E-state index in [0.717, 1.165) is 31.3 Å². The van der Waals surface area contributed by atoms with Crippen LogP contribution in [0.1, 0.15) is 39.4 Å². The average molecular weight is 208 g/mol. The van der Waals surface area contributed by atoms with Crippen molar-refractivity contribution < 1.29 is 0 Å². The maximum absolute atomic E-state index is 4.33. The molecule has 1 atom stereocenters. The first kappa shape index (κ1) is 10.5. The monoisotopic (exact) mass is 208 g/mol. The van der Waals surface area contributed by atoms with Crippen LogP contribution in [0, 0.1) is 0 Å². The fourth-order valence-electron chi connectivity index (χ4n) is 2.35. The van der Waals surface area contributed by atoms with Gasteiger partial charge in [-0.1, -0.05) is 6.92 Å². The second kappa shape index (κ2) is 4.21. The standard InChI is InChI=1S/C11H20N4/c1-4-10-12-13-11(14(10)5-2)15-8-6-7-9(15)3/h9H,4-8H2,1-3H3. The second-order valence-electron chi connectivity index (χ2n) is 4.20. The molecule has 1 unspecified atom stereocenters. The predicted octanol–water partition coefficient (Wildman–Crippen LogP) is 1.85. The van der Waals surface area contributed by atoms with Gasteiger partial charge in [0.05, 0.1) is 0 Å². The molecule has 1 aliphatic heterocycles. The quantitative estimate of drug-likeness (QED) is 0.760. The molecule has 0 aromatic carbocycles. The summed E-state index contributed by atoms with van der Waals surface area (Å²) in [5, 5.41) is 8.58. The zero-order chi connectivity index (χ0) is 10.8. The lowest BCUT2D eigenvalue weighted by molar-refractivity contribution is 0.655. The molecule has 0 spiro atoms. The van der Waals surface area contributed by atoms with Crippen LogP contribution in [0.4, 0.5) is 5.95 Å². The molecule has 4 heteroatoms. The van der Waals surface area contributed by atoms with Gasteiger partial charge in [0.2, 0.25) is 5.95 Å². The van der Waals surface area contributed by atoms with Crippen molar-refractivity contribution in [1.82, 2.24) is 14.8 Å². The van der Waals surface area contributed by atoms with Gasteiger partial charge in [-0.05, 0) is 26.7 Å². The Kier molecular flexibility index (Phi) is 2.93. The number of nitrogens with zero attached hydrogens (tertiary/aromatic N) is 4. The van der Waals surface area contributed by atoms with Crippen molar-refractivity contribution >= 4 is 5.95 Å². The van der Waals surface area contributed by atoms with Crippen molar-refractivity contribution in [3.63, 3.8) is 0 Å². The Hall–Kier alpha value is -1.06. The minimum atomic E-state index is 0.615. The summed E-state index contributed by atoms with van der Waals surface area (Å²) in [5.74, 6) is 2.17. The molecule has 1 saturated heterocycles. The van der Waals surface area contributed by atoms with Gasteiger partial charge in [0.1, 0.15) is 5.82 Å². The van der Waals surface area contributed by atoms with E-state index in [1.165, 1.54) is 12.8 Å². The molecule has 0 bridgehead atoms. The summed E-state index contributed by atoms with van der Waals surface area (Å²) < 4.78 is 2.24. The summed E-state index contributed by atoms with van der Waals surface area (Å²) in [6, 6.07) is 0.615. The van der Waals surface area contributed by atoms with E-state index in [0.29, 0.717) is 6.04 Å². The smallest absolute Gasteiger partial charge is 0.227 e. The Morgan fingerprint density at radius 2 is 2.13 bits per heavy atom. The van der Waals surface area contributed by atoms with Crippen LogP contribution >= 0.6 is 0 Å². The minimum Gasteiger partial charge on any atom is -0.338 e. The van der Waals surface area contributed by atoms with Gasteiger partial charge in [-0.2, -0.15) is 0 Å². The van der Waals surface area contributed by atoms with Crippen LogP contribution < -0.4 is 4.90 Å². The maximum atomic E-state index is 4.33. The van der Waals surface area contributed by atoms with E-state index in [-0.39, 0.29) is 0 Å². The van der Waals surface area contributed by atoms with Gasteiger partial charge in [-0.3, -0.25) is 4.57 Å². The maximum Gasteiger partial charge on any atom is 0.227 e. The normalized spacial score (nSPS) is 21.3. The van der Waals surface area contributed by atoms with Crippen LogP contribution in [0.5, 0.6) is 0 Å². The highest BCUT2D eigenvalue weighted by atomic mass is 15.4. The molecule has 15 heavy (non-hydrogen) atoms. The highest BCUT2D eigenvalue weighted by Gasteiger charge is 2.25. The fourth-order valence-corrected chi connectivity index (χ4v) is 2.35. The first-order valence-corrected chi connectivity index (χ1v) is 5.96. The van der Waals surface area contributed by atoms with Gasteiger partial charge in [0.25, 0.3) is 0 Å². The molecular formula is C11H20N4. The number of hydrogen-bond acceptors (Lipinski definition) is 3. The summed E-state index contributed by atoms with van der Waals surface area (Å²) in [7, 11) is 0. The lowest BCUT2D eigenvalue weighted by Gasteiger charge is -2.22. The molecule has 84 valence electrons. The van der Waals surface area contributed by atoms with Crippen molar-refractivity contribution in [2.75, 3.05) is 11.4 Å². The molecule has 0 N–H and O–H groups in total. The molecule has 2 heterocycles. The van der Waals surface area contributed by atoms with Crippen molar-refractivity contribution in [2.45, 2.75) is 52.6 Å². The fraction of sp³-hybridized carbons (Fsp3) is 0.818. The van der Waals surface area contributed by atoms with Gasteiger partial charge in [-0.25, -0.2) is 0 Å². The van der Waals surface area contributed by atoms with Crippen molar-refractivity contribution in [2.24, 2.45) is 0 Å². The summed E-state index contributed by atoms with van der Waals surface area (Å²) >= 11 is 0. The summed E-state index contributed by atoms with van der Waals surface area (Å²) in [5.41, 5.74) is 0. The zero-order valence-electron chi connectivity index (χ0n) is 9.90. The third kappa shape index (κ3) is 1.73. The van der Waals surface area contributed by atoms with Gasteiger partial charge < -0.3 is 4.90 Å². The number of hydrogen-bond donors (Lipinski definition) is 0. The van der Waals surface area contributed by atoms with Crippen LogP contribution in [0.2, 0.25) is 0 Å². The highest BCUT2D eigenvalue weighted by Crippen LogP contribution is 2.24. The van der Waals surface area contributed by atoms with Crippen LogP contribution in [0.3, 0.4) is 0 Å². The number of aryl methyl sites for hydroxylation is 1. The average Bonchev–Trinajstić information content (AvgIpc) is 2.82. The van der Waals surface area contributed by atoms with E-state index in [4.69, 9.17) is 0 Å². The predicted molar refractivity (Wildman–Crippen MR) is 61.1 cm³/mol. The molecule has 0 saturated carbocycles. The van der Waals surface area contributed by atoms with Crippen LogP contribution in [0.15, 0.2) is 0 Å². The second-order valence-corrected chi connectivity index (χ2v) is 4.20. The van der Waals surface area contributed by atoms with E-state index < -0.39 is 0 Å². The Morgan fingerprint density at radius 1 is 1.33 bits per heavy atom. The molecule has 1 aromatic heterocycles. The lowest BCUT2D eigenvalue weighted by atomic mass is 10.2. The minimum absolute atomic E-state index is 0.615. The van der Waals surface area contributed by atoms with E-state index in [1.807, 2.05) is 0 Å². The largest absolute Gasteiger partial charge is 0.338 e. The third-order valence-electron chi connectivity index (χ3n) is 3.25. The number of aromatic nitrogens is 3. The Bertz CT molecular complexity index is 331. The lowest BCUT2D eigenvalue weighted by Crippen LogP contribution is -2.29. The Labute approximate surface area is 91.3 Å². The Balaban J connectivity index is 2.30. The number of anilines is 1. The zero-order valence-corrected chi connectivity index (χ0v) is 9.90. The van der Waals surface area contributed by atoms with Crippen molar-refractivity contribution in [3.8, 4) is 0 Å². The SMILES string of the molecule is CCc1nnc(N2CCCC2C)n1CC. The molecule has 0 aliphatic carbocycles. The molecule has 1 fully saturated rings. The van der Waals surface area contributed by atoms with Crippen molar-refractivity contribution in [1.29, 1.82) is 0 Å². The molecule has 0 radical (unpaired) electrons. The van der Waals surface area contributed by atoms with Crippen LogP contribution in [-0.4, -0.2) is 27.4 Å². The topological polar surface area (TPSA) is 34.0 Å². The molecule has 2 rings (SSSR count). The van der Waals surface area contributed by atoms with Gasteiger partial charge in [0, 0.05) is 25.6 Å². The first-order valence-electron chi connectivity index (χ1n) is 5.96. The van der Waals surface area contributed by atoms with Crippen molar-refractivity contribution in [3.05, 3.63) is 5.82 Å². The van der Waals surface area contributed by atoms with E-state index in [2.05, 4.69) is 40.4 Å². The first-order chi connectivity index (χ1) is 7.27. The molecular weight excluding hydrogens is 188 g/mol. The summed E-state index contributed by atoms with van der Waals surface area (Å²) in [6.45, 7) is 8.66. The van der Waals surface area contributed by atoms with Crippen LogP contribution in [0.25, 0.3) is 0 Å². The highest BCUT2D eigenvalue weighted by molar-refractivity contribution is 5.34. The molecule has 1 aromatic rings. The molecule has 0 amide bonds. The molecule has 1 aliphatic rings. The third-order valence-corrected chi connectivity index (χ3v) is 3.25.